The molecule has 5 nitrogen and oxygen atoms in total. The minimum atomic E-state index is -0.0383. The van der Waals surface area contributed by atoms with E-state index in [1.165, 1.54) is 19.1 Å². The van der Waals surface area contributed by atoms with Gasteiger partial charge in [-0.1, -0.05) is 12.1 Å². The van der Waals surface area contributed by atoms with E-state index in [0.717, 1.165) is 42.0 Å². The fraction of sp³-hybridized carbons (Fsp3) is 0.500. The van der Waals surface area contributed by atoms with Crippen LogP contribution in [0, 0.1) is 11.3 Å². The zero-order valence-corrected chi connectivity index (χ0v) is 13.3. The molecule has 0 bridgehead atoms. The molecule has 1 aliphatic rings. The van der Waals surface area contributed by atoms with Crippen molar-refractivity contribution in [3.8, 4) is 0 Å². The molecule has 1 heterocycles. The molecule has 2 aromatic rings. The Hall–Kier alpha value is -1.85. The van der Waals surface area contributed by atoms with Crippen molar-refractivity contribution in [2.45, 2.75) is 37.6 Å². The minimum absolute atomic E-state index is 0.0383. The Morgan fingerprint density at radius 3 is 2.83 bits per heavy atom. The third-order valence-corrected chi connectivity index (χ3v) is 4.68. The highest BCUT2D eigenvalue weighted by Gasteiger charge is 2.28. The summed E-state index contributed by atoms with van der Waals surface area (Å²) in [6.07, 6.45) is 7.62. The van der Waals surface area contributed by atoms with E-state index in [4.69, 9.17) is 10.5 Å². The van der Waals surface area contributed by atoms with Crippen molar-refractivity contribution < 1.29 is 5.11 Å². The average Bonchev–Trinajstić information content (AvgIpc) is 2.56. The second-order valence-electron chi connectivity index (χ2n) is 6.37. The summed E-state index contributed by atoms with van der Waals surface area (Å²) >= 11 is 0. The quantitative estimate of drug-likeness (QED) is 0.654. The first-order valence-corrected chi connectivity index (χ1v) is 8.36. The van der Waals surface area contributed by atoms with Crippen molar-refractivity contribution >= 4 is 17.2 Å². The first-order chi connectivity index (χ1) is 11.3. The molecule has 1 atom stereocenters. The van der Waals surface area contributed by atoms with Crippen molar-refractivity contribution in [3.05, 3.63) is 36.2 Å². The van der Waals surface area contributed by atoms with Gasteiger partial charge in [0, 0.05) is 37.5 Å². The lowest BCUT2D eigenvalue weighted by Crippen LogP contribution is -2.43. The van der Waals surface area contributed by atoms with Gasteiger partial charge in [-0.2, -0.15) is 0 Å². The summed E-state index contributed by atoms with van der Waals surface area (Å²) in [5.74, 6) is 0.710. The van der Waals surface area contributed by atoms with Crippen molar-refractivity contribution in [1.29, 1.82) is 5.41 Å². The lowest BCUT2D eigenvalue weighted by Gasteiger charge is -2.36. The summed E-state index contributed by atoms with van der Waals surface area (Å²) in [6.45, 7) is 1.03. The summed E-state index contributed by atoms with van der Waals surface area (Å²) in [6, 6.07) is 8.35. The number of hydrogen-bond donors (Lipinski definition) is 3. The van der Waals surface area contributed by atoms with Crippen LogP contribution in [0.2, 0.25) is 0 Å². The predicted molar refractivity (Wildman–Crippen MR) is 91.9 cm³/mol. The lowest BCUT2D eigenvalue weighted by molar-refractivity contribution is 0.188. The highest BCUT2D eigenvalue weighted by Crippen LogP contribution is 2.31. The van der Waals surface area contributed by atoms with Crippen LogP contribution in [0.4, 0.5) is 0 Å². The number of benzene rings is 1. The van der Waals surface area contributed by atoms with Crippen molar-refractivity contribution in [2.75, 3.05) is 13.2 Å². The van der Waals surface area contributed by atoms with Crippen molar-refractivity contribution in [1.82, 2.24) is 15.3 Å². The van der Waals surface area contributed by atoms with Gasteiger partial charge in [0.15, 0.2) is 0 Å². The highest BCUT2D eigenvalue weighted by atomic mass is 16.2. The summed E-state index contributed by atoms with van der Waals surface area (Å²) in [4.78, 5) is 9.08. The maximum absolute atomic E-state index is 8.86. The molecule has 1 aromatic heterocycles. The maximum atomic E-state index is 8.86. The molecule has 0 aliphatic heterocycles. The molecule has 1 aliphatic carbocycles. The first kappa shape index (κ1) is 16.0. The van der Waals surface area contributed by atoms with Gasteiger partial charge < -0.3 is 15.8 Å². The Balaban J connectivity index is 1.54. The van der Waals surface area contributed by atoms with Crippen LogP contribution in [0.5, 0.6) is 0 Å². The predicted octanol–water partition coefficient (Wildman–Crippen LogP) is 2.50. The van der Waals surface area contributed by atoms with Crippen molar-refractivity contribution in [3.63, 3.8) is 0 Å². The third kappa shape index (κ3) is 3.92. The van der Waals surface area contributed by atoms with Gasteiger partial charge in [0.1, 0.15) is 0 Å². The molecule has 0 spiro atoms. The Kier molecular flexibility index (Phi) is 5.31. The number of nitrogens with zero attached hydrogens (tertiary/aromatic N) is 2. The molecule has 5 heteroatoms. The Labute approximate surface area is 136 Å². The fourth-order valence-electron chi connectivity index (χ4n) is 3.21. The molecule has 122 valence electrons. The number of aliphatic hydroxyl groups excluding tert-OH is 1. The molecule has 23 heavy (non-hydrogen) atoms. The van der Waals surface area contributed by atoms with Gasteiger partial charge in [0.05, 0.1) is 16.7 Å². The van der Waals surface area contributed by atoms with E-state index in [9.17, 15) is 0 Å². The number of hydrogen-bond acceptors (Lipinski definition) is 5. The van der Waals surface area contributed by atoms with E-state index < -0.39 is 0 Å². The van der Waals surface area contributed by atoms with E-state index in [-0.39, 0.29) is 5.92 Å². The summed E-state index contributed by atoms with van der Waals surface area (Å²) in [7, 11) is 0. The third-order valence-electron chi connectivity index (χ3n) is 4.68. The van der Waals surface area contributed by atoms with Crippen LogP contribution >= 0.6 is 0 Å². The van der Waals surface area contributed by atoms with Crippen LogP contribution in [0.15, 0.2) is 30.5 Å². The molecule has 3 N–H and O–H groups in total. The van der Waals surface area contributed by atoms with Crippen molar-refractivity contribution in [2.24, 2.45) is 5.92 Å². The van der Waals surface area contributed by atoms with Gasteiger partial charge in [-0.3, -0.25) is 4.98 Å². The number of rotatable bonds is 8. The van der Waals surface area contributed by atoms with Gasteiger partial charge in [0.25, 0.3) is 0 Å². The zero-order valence-electron chi connectivity index (χ0n) is 13.3. The SMILES string of the molecule is N=CC(CNC1CC(CCCO)C1)c1cnc2ccccc2n1. The van der Waals surface area contributed by atoms with Gasteiger partial charge in [-0.05, 0) is 43.7 Å². The largest absolute Gasteiger partial charge is 0.396 e. The number of para-hydroxylation sites is 2. The topological polar surface area (TPSA) is 81.9 Å². The standard InChI is InChI=1S/C18H24N4O/c19-10-14(11-20-15-8-13(9-15)4-3-7-23)18-12-21-16-5-1-2-6-17(16)22-18/h1-2,5-6,10,12-15,19-20,23H,3-4,7-9,11H2. The number of aromatic nitrogens is 2. The van der Waals surface area contributed by atoms with Crippen LogP contribution in [0.25, 0.3) is 11.0 Å². The Bertz CT molecular complexity index is 654. The summed E-state index contributed by atoms with van der Waals surface area (Å²) in [5, 5.41) is 20.1. The normalized spacial score (nSPS) is 21.8. The minimum Gasteiger partial charge on any atom is -0.396 e. The molecule has 0 radical (unpaired) electrons. The molecule has 0 amide bonds. The molecule has 1 fully saturated rings. The molecule has 0 saturated heterocycles. The van der Waals surface area contributed by atoms with Crippen LogP contribution < -0.4 is 5.32 Å². The van der Waals surface area contributed by atoms with Gasteiger partial charge in [-0.15, -0.1) is 0 Å². The zero-order chi connectivity index (χ0) is 16.1. The van der Waals surface area contributed by atoms with E-state index in [1.807, 2.05) is 24.3 Å². The molecule has 1 unspecified atom stereocenters. The maximum Gasteiger partial charge on any atom is 0.0890 e. The number of fused-ring (bicyclic) bond motifs is 1. The van der Waals surface area contributed by atoms with Gasteiger partial charge in [0.2, 0.25) is 0 Å². The summed E-state index contributed by atoms with van der Waals surface area (Å²) in [5.41, 5.74) is 2.62. The molecular formula is C18H24N4O. The Morgan fingerprint density at radius 1 is 1.30 bits per heavy atom. The van der Waals surface area contributed by atoms with Crippen LogP contribution in [-0.2, 0) is 0 Å². The average molecular weight is 312 g/mol. The monoisotopic (exact) mass is 312 g/mol. The molecule has 1 saturated carbocycles. The van der Waals surface area contributed by atoms with Crippen LogP contribution in [0.3, 0.4) is 0 Å². The van der Waals surface area contributed by atoms with Crippen LogP contribution in [0.1, 0.15) is 37.3 Å². The van der Waals surface area contributed by atoms with E-state index in [1.54, 1.807) is 6.20 Å². The second kappa shape index (κ2) is 7.62. The Morgan fingerprint density at radius 2 is 2.09 bits per heavy atom. The van der Waals surface area contributed by atoms with E-state index in [2.05, 4.69) is 15.3 Å². The smallest absolute Gasteiger partial charge is 0.0890 e. The van der Waals surface area contributed by atoms with Crippen LogP contribution in [-0.4, -0.2) is 40.5 Å². The second-order valence-corrected chi connectivity index (χ2v) is 6.37. The molecular weight excluding hydrogens is 288 g/mol. The van der Waals surface area contributed by atoms with Gasteiger partial charge in [-0.25, -0.2) is 4.98 Å². The fourth-order valence-corrected chi connectivity index (χ4v) is 3.21. The molecule has 3 rings (SSSR count). The molecule has 1 aromatic carbocycles. The summed E-state index contributed by atoms with van der Waals surface area (Å²) < 4.78 is 0. The number of nitrogens with one attached hydrogen (secondary N) is 2. The van der Waals surface area contributed by atoms with E-state index >= 15 is 0 Å². The first-order valence-electron chi connectivity index (χ1n) is 8.36. The number of aliphatic hydroxyl groups is 1. The highest BCUT2D eigenvalue weighted by molar-refractivity contribution is 5.74. The lowest BCUT2D eigenvalue weighted by atomic mass is 9.77. The van der Waals surface area contributed by atoms with Gasteiger partial charge >= 0.3 is 0 Å². The van der Waals surface area contributed by atoms with E-state index in [0.29, 0.717) is 12.6 Å².